The zero-order chi connectivity index (χ0) is 47.1. The van der Waals surface area contributed by atoms with Gasteiger partial charge in [0, 0.05) is 31.3 Å². The molecule has 2 aromatic heterocycles. The molecule has 0 unspecified atom stereocenters. The fourth-order valence-corrected chi connectivity index (χ4v) is 10.1. The Hall–Kier alpha value is -5.41. The van der Waals surface area contributed by atoms with E-state index in [-0.39, 0.29) is 30.7 Å². The summed E-state index contributed by atoms with van der Waals surface area (Å²) in [5, 5.41) is 6.40. The van der Waals surface area contributed by atoms with Crippen molar-refractivity contribution in [3.63, 3.8) is 0 Å². The van der Waals surface area contributed by atoms with Crippen LogP contribution in [0.5, 0.6) is 0 Å². The molecular formula is C50H54B3F4N8S2. The lowest BCUT2D eigenvalue weighted by Crippen LogP contribution is -2.44. The van der Waals surface area contributed by atoms with Crippen molar-refractivity contribution in [2.45, 2.75) is 94.5 Å². The maximum Gasteiger partial charge on any atom is 0.162 e. The SMILES string of the molecule is C.C[B]Cc1c(F)cc(CCC)c2c1=NCN=2.C[B]c1c(F)cc(CC)c2c1=NCN=2.C[B]c1ccc(-c2c(F)cc(-c3ccc(CC)s3)c3c2=NCN=3)s1.Cc1cc(F)c(C)c2c1=NCN=2. The second-order valence-corrected chi connectivity index (χ2v) is 18.0. The molecule has 10 rings (SSSR count). The van der Waals surface area contributed by atoms with Crippen molar-refractivity contribution in [1.82, 2.24) is 0 Å². The molecule has 0 fully saturated rings. The van der Waals surface area contributed by atoms with Crippen molar-refractivity contribution in [2.75, 3.05) is 26.7 Å². The van der Waals surface area contributed by atoms with Crippen molar-refractivity contribution >= 4 is 54.8 Å². The first-order valence-electron chi connectivity index (χ1n) is 22.3. The van der Waals surface area contributed by atoms with Crippen LogP contribution in [-0.4, -0.2) is 48.5 Å². The van der Waals surface area contributed by atoms with Crippen molar-refractivity contribution in [3.8, 4) is 20.9 Å². The van der Waals surface area contributed by atoms with Gasteiger partial charge in [-0.25, -0.2) is 17.6 Å². The molecule has 0 N–H and O–H groups in total. The molecule has 3 radical (unpaired) electrons. The third kappa shape index (κ3) is 10.8. The molecule has 0 saturated carbocycles. The van der Waals surface area contributed by atoms with Gasteiger partial charge in [-0.2, -0.15) is 11.3 Å². The molecule has 8 nitrogen and oxygen atoms in total. The van der Waals surface area contributed by atoms with Gasteiger partial charge in [-0.1, -0.05) is 67.5 Å². The molecule has 6 aromatic rings. The lowest BCUT2D eigenvalue weighted by molar-refractivity contribution is 0.609. The summed E-state index contributed by atoms with van der Waals surface area (Å²) >= 11 is 3.28. The highest BCUT2D eigenvalue weighted by Crippen LogP contribution is 2.30. The highest BCUT2D eigenvalue weighted by Gasteiger charge is 2.20. The summed E-state index contributed by atoms with van der Waals surface area (Å²) in [6.45, 7) is 17.2. The van der Waals surface area contributed by atoms with E-state index in [4.69, 9.17) is 0 Å². The molecule has 17 heteroatoms. The molecule has 343 valence electrons. The van der Waals surface area contributed by atoms with E-state index in [1.165, 1.54) is 10.9 Å². The normalized spacial score (nSPS) is 12.8. The standard InChI is InChI=1S/C18H15BFN2S2.C12H15BFN2.C10H11BFN2.C9H9FN2.CH4/c1-3-10-4-5-13(23-10)11-8-12(20)16(18-17(11)21-9-22-18)14-6-7-15(19-2)24-14;1-3-4-8-5-10(14)9(6-13-2)12-11(8)15-7-16-12;1-3-6-4-7(12)8(11-2)10-9(6)13-5-14-10;1-5-3-7(10)6(2)9-8(5)11-4-12-9;/h4-8H,3,9H2,1-2H3;5H,3-4,6-7H2,1-2H3;4H,3,5H2,1-2H3;3H,4H2,1-2H3;1H4. The van der Waals surface area contributed by atoms with Gasteiger partial charge < -0.3 is 0 Å². The predicted molar refractivity (Wildman–Crippen MR) is 268 cm³/mol. The fourth-order valence-electron chi connectivity index (χ4n) is 8.16. The Morgan fingerprint density at radius 2 is 1.16 bits per heavy atom. The van der Waals surface area contributed by atoms with Crippen molar-refractivity contribution in [2.24, 2.45) is 39.9 Å². The summed E-state index contributed by atoms with van der Waals surface area (Å²) in [7, 11) is 5.73. The molecule has 67 heavy (non-hydrogen) atoms. The summed E-state index contributed by atoms with van der Waals surface area (Å²) in [6.07, 6.45) is 4.28. The minimum absolute atomic E-state index is 0. The monoisotopic (exact) mass is 939 g/mol. The average molecular weight is 940 g/mol. The van der Waals surface area contributed by atoms with E-state index in [1.807, 2.05) is 61.0 Å². The topological polar surface area (TPSA) is 98.9 Å². The lowest BCUT2D eigenvalue weighted by Gasteiger charge is -2.05. The van der Waals surface area contributed by atoms with Gasteiger partial charge in [-0.3, -0.25) is 39.9 Å². The number of thiophene rings is 2. The van der Waals surface area contributed by atoms with Crippen LogP contribution in [0.25, 0.3) is 20.9 Å². The van der Waals surface area contributed by atoms with Crippen LogP contribution in [-0.2, 0) is 25.6 Å². The lowest BCUT2D eigenvalue weighted by atomic mass is 9.72. The number of hydrogen-bond donors (Lipinski definition) is 0. The van der Waals surface area contributed by atoms with Crippen LogP contribution >= 0.6 is 22.7 Å². The van der Waals surface area contributed by atoms with Crippen LogP contribution in [0.4, 0.5) is 17.6 Å². The summed E-state index contributed by atoms with van der Waals surface area (Å²) in [5.74, 6) is -0.738. The number of fused-ring (bicyclic) bond motifs is 4. The Morgan fingerprint density at radius 3 is 1.79 bits per heavy atom. The Labute approximate surface area is 399 Å². The van der Waals surface area contributed by atoms with Crippen LogP contribution in [0.3, 0.4) is 0 Å². The number of hydrogen-bond acceptors (Lipinski definition) is 10. The van der Waals surface area contributed by atoms with Gasteiger partial charge in [0.1, 0.15) is 57.2 Å². The maximum absolute atomic E-state index is 15.0. The van der Waals surface area contributed by atoms with E-state index >= 15 is 0 Å². The first-order valence-corrected chi connectivity index (χ1v) is 23.9. The molecule has 0 bridgehead atoms. The third-order valence-corrected chi connectivity index (χ3v) is 13.9. The average Bonchev–Trinajstić information content (AvgIpc) is 4.18. The van der Waals surface area contributed by atoms with Gasteiger partial charge in [0.2, 0.25) is 0 Å². The minimum Gasteiger partial charge on any atom is -0.260 e. The molecule has 4 aliphatic rings. The van der Waals surface area contributed by atoms with E-state index in [2.05, 4.69) is 65.9 Å². The number of halogens is 4. The second kappa shape index (κ2) is 23.1. The van der Waals surface area contributed by atoms with E-state index in [0.29, 0.717) is 60.5 Å². The fraction of sp³-hybridized carbons (Fsp3) is 0.360. The van der Waals surface area contributed by atoms with E-state index in [0.717, 1.165) is 100.0 Å². The maximum atomic E-state index is 15.0. The van der Waals surface area contributed by atoms with Crippen molar-refractivity contribution in [1.29, 1.82) is 0 Å². The molecular weight excluding hydrogens is 885 g/mol. The van der Waals surface area contributed by atoms with E-state index in [9.17, 15) is 17.6 Å². The smallest absolute Gasteiger partial charge is 0.162 e. The first kappa shape index (κ1) is 51.0. The number of rotatable bonds is 10. The summed E-state index contributed by atoms with van der Waals surface area (Å²) < 4.78 is 56.7. The third-order valence-electron chi connectivity index (χ3n) is 11.5. The van der Waals surface area contributed by atoms with Crippen molar-refractivity contribution < 1.29 is 17.6 Å². The number of benzene rings is 4. The van der Waals surface area contributed by atoms with Gasteiger partial charge in [0.15, 0.2) is 14.6 Å². The van der Waals surface area contributed by atoms with Crippen LogP contribution in [0.1, 0.15) is 67.3 Å². The van der Waals surface area contributed by atoms with Gasteiger partial charge in [-0.05, 0) is 103 Å². The Balaban J connectivity index is 0.000000152. The van der Waals surface area contributed by atoms with Gasteiger partial charge >= 0.3 is 0 Å². The molecule has 0 atom stereocenters. The summed E-state index contributed by atoms with van der Waals surface area (Å²) in [5.41, 5.74) is 6.14. The summed E-state index contributed by atoms with van der Waals surface area (Å²) in [6, 6.07) is 14.5. The Kier molecular flexibility index (Phi) is 17.6. The van der Waals surface area contributed by atoms with Crippen molar-refractivity contribution in [3.05, 3.63) is 147 Å². The highest BCUT2D eigenvalue weighted by atomic mass is 32.1. The van der Waals surface area contributed by atoms with Gasteiger partial charge in [-0.15, -0.1) is 11.3 Å². The molecule has 4 aliphatic heterocycles. The van der Waals surface area contributed by atoms with E-state index < -0.39 is 0 Å². The number of aryl methyl sites for hydroxylation is 4. The molecule has 0 amide bonds. The molecule has 0 saturated heterocycles. The highest BCUT2D eigenvalue weighted by molar-refractivity contribution is 7.24. The molecule has 0 spiro atoms. The predicted octanol–water partition coefficient (Wildman–Crippen LogP) is 5.94. The number of nitrogens with zero attached hydrogens (tertiary/aromatic N) is 8. The van der Waals surface area contributed by atoms with E-state index in [1.54, 1.807) is 55.1 Å². The zero-order valence-electron chi connectivity index (χ0n) is 38.6. The Bertz CT molecular complexity index is 3340. The van der Waals surface area contributed by atoms with Crippen LogP contribution in [0, 0.1) is 37.1 Å². The second-order valence-electron chi connectivity index (χ2n) is 15.7. The zero-order valence-corrected chi connectivity index (χ0v) is 40.3. The first-order chi connectivity index (χ1) is 32.0. The molecule has 6 heterocycles. The van der Waals surface area contributed by atoms with Gasteiger partial charge in [0.05, 0.1) is 48.4 Å². The minimum atomic E-state index is -0.222. The van der Waals surface area contributed by atoms with Crippen LogP contribution in [0.15, 0.2) is 88.5 Å². The van der Waals surface area contributed by atoms with Crippen LogP contribution in [0.2, 0.25) is 20.5 Å². The van der Waals surface area contributed by atoms with Crippen LogP contribution < -0.4 is 53.1 Å². The largest absolute Gasteiger partial charge is 0.260 e. The summed E-state index contributed by atoms with van der Waals surface area (Å²) in [4.78, 5) is 37.7. The quantitative estimate of drug-likeness (QED) is 0.120. The molecule has 4 aromatic carbocycles. The molecule has 0 aliphatic carbocycles. The Morgan fingerprint density at radius 1 is 0.552 bits per heavy atom. The van der Waals surface area contributed by atoms with Gasteiger partial charge in [0.25, 0.3) is 0 Å².